The molecule has 3 aromatic carbocycles. The molecule has 0 radical (unpaired) electrons. The van der Waals surface area contributed by atoms with Gasteiger partial charge >= 0.3 is 0 Å². The molecular weight excluding hydrogens is 468 g/mol. The summed E-state index contributed by atoms with van der Waals surface area (Å²) in [6.45, 7) is 6.48. The average molecular weight is 501 g/mol. The fourth-order valence-corrected chi connectivity index (χ4v) is 4.54. The second kappa shape index (κ2) is 10.8. The Morgan fingerprint density at radius 2 is 1.65 bits per heavy atom. The molecule has 1 heterocycles. The molecule has 1 fully saturated rings. The SMILES string of the molecule is CCOc1ccc(/C(O)=C2/C(=O)C(=O)N(c3ccc(N(C)C)cc3)C2c2cccc(C)c2)c(OCC)c1. The smallest absolute Gasteiger partial charge is 0.300 e. The lowest BCUT2D eigenvalue weighted by atomic mass is 9.94. The van der Waals surface area contributed by atoms with Crippen LogP contribution in [0, 0.1) is 6.92 Å². The van der Waals surface area contributed by atoms with Crippen LogP contribution in [0.15, 0.2) is 72.3 Å². The lowest BCUT2D eigenvalue weighted by Gasteiger charge is -2.26. The van der Waals surface area contributed by atoms with Gasteiger partial charge in [-0.15, -0.1) is 0 Å². The van der Waals surface area contributed by atoms with Gasteiger partial charge in [-0.3, -0.25) is 14.5 Å². The first-order valence-electron chi connectivity index (χ1n) is 12.3. The van der Waals surface area contributed by atoms with Crippen molar-refractivity contribution < 1.29 is 24.2 Å². The highest BCUT2D eigenvalue weighted by molar-refractivity contribution is 6.51. The van der Waals surface area contributed by atoms with Crippen LogP contribution in [0.1, 0.15) is 36.6 Å². The summed E-state index contributed by atoms with van der Waals surface area (Å²) in [4.78, 5) is 30.4. The van der Waals surface area contributed by atoms with Gasteiger partial charge in [-0.1, -0.05) is 29.8 Å². The van der Waals surface area contributed by atoms with Crippen molar-refractivity contribution in [3.63, 3.8) is 0 Å². The first-order valence-corrected chi connectivity index (χ1v) is 12.3. The fraction of sp³-hybridized carbons (Fsp3) is 0.267. The molecular formula is C30H32N2O5. The summed E-state index contributed by atoms with van der Waals surface area (Å²) in [5.74, 6) is -0.787. The zero-order valence-corrected chi connectivity index (χ0v) is 21.8. The maximum atomic E-state index is 13.5. The molecule has 4 rings (SSSR count). The third-order valence-corrected chi connectivity index (χ3v) is 6.27. The Bertz CT molecular complexity index is 1340. The van der Waals surface area contributed by atoms with Crippen LogP contribution in [-0.2, 0) is 9.59 Å². The first kappa shape index (κ1) is 25.8. The average Bonchev–Trinajstić information content (AvgIpc) is 3.14. The lowest BCUT2D eigenvalue weighted by Crippen LogP contribution is -2.29. The number of aryl methyl sites for hydroxylation is 1. The molecule has 7 nitrogen and oxygen atoms in total. The Morgan fingerprint density at radius 1 is 0.946 bits per heavy atom. The van der Waals surface area contributed by atoms with Gasteiger partial charge < -0.3 is 19.5 Å². The van der Waals surface area contributed by atoms with Crippen LogP contribution < -0.4 is 19.3 Å². The van der Waals surface area contributed by atoms with Crippen molar-refractivity contribution in [2.75, 3.05) is 37.1 Å². The zero-order valence-electron chi connectivity index (χ0n) is 21.8. The molecule has 7 heteroatoms. The zero-order chi connectivity index (χ0) is 26.7. The topological polar surface area (TPSA) is 79.3 Å². The number of aliphatic hydroxyl groups excluding tert-OH is 1. The summed E-state index contributed by atoms with van der Waals surface area (Å²) in [6.07, 6.45) is 0. The number of nitrogens with zero attached hydrogens (tertiary/aromatic N) is 2. The van der Waals surface area contributed by atoms with Crippen molar-refractivity contribution in [2.24, 2.45) is 0 Å². The van der Waals surface area contributed by atoms with Crippen LogP contribution in [-0.4, -0.2) is 44.1 Å². The van der Waals surface area contributed by atoms with E-state index in [1.807, 2.05) is 88.3 Å². The highest BCUT2D eigenvalue weighted by Crippen LogP contribution is 2.44. The van der Waals surface area contributed by atoms with E-state index in [0.29, 0.717) is 36.0 Å². The van der Waals surface area contributed by atoms with Crippen LogP contribution in [0.4, 0.5) is 11.4 Å². The minimum absolute atomic E-state index is 0.0115. The van der Waals surface area contributed by atoms with Gasteiger partial charge in [0.05, 0.1) is 30.4 Å². The molecule has 1 aliphatic heterocycles. The molecule has 1 atom stereocenters. The number of hydrogen-bond donors (Lipinski definition) is 1. The summed E-state index contributed by atoms with van der Waals surface area (Å²) in [5, 5.41) is 11.6. The Balaban J connectivity index is 1.92. The monoisotopic (exact) mass is 500 g/mol. The first-order chi connectivity index (χ1) is 17.8. The number of ketones is 1. The van der Waals surface area contributed by atoms with E-state index in [9.17, 15) is 14.7 Å². The predicted molar refractivity (Wildman–Crippen MR) is 146 cm³/mol. The molecule has 37 heavy (non-hydrogen) atoms. The molecule has 0 bridgehead atoms. The van der Waals surface area contributed by atoms with E-state index in [1.54, 1.807) is 18.2 Å². The molecule has 0 saturated carbocycles. The second-order valence-corrected chi connectivity index (χ2v) is 9.02. The van der Waals surface area contributed by atoms with Gasteiger partial charge in [-0.2, -0.15) is 0 Å². The van der Waals surface area contributed by atoms with Crippen molar-refractivity contribution in [3.8, 4) is 11.5 Å². The van der Waals surface area contributed by atoms with Gasteiger partial charge in [0.15, 0.2) is 0 Å². The van der Waals surface area contributed by atoms with Gasteiger partial charge in [0, 0.05) is 31.5 Å². The van der Waals surface area contributed by atoms with Crippen LogP contribution >= 0.6 is 0 Å². The summed E-state index contributed by atoms with van der Waals surface area (Å²) in [7, 11) is 3.86. The second-order valence-electron chi connectivity index (χ2n) is 9.02. The number of carbonyl (C=O) groups is 2. The van der Waals surface area contributed by atoms with E-state index < -0.39 is 17.7 Å². The van der Waals surface area contributed by atoms with E-state index in [1.165, 1.54) is 4.90 Å². The van der Waals surface area contributed by atoms with Crippen molar-refractivity contribution in [3.05, 3.63) is 89.0 Å². The number of amides is 1. The highest BCUT2D eigenvalue weighted by atomic mass is 16.5. The minimum atomic E-state index is -0.814. The fourth-order valence-electron chi connectivity index (χ4n) is 4.54. The Labute approximate surface area is 217 Å². The number of rotatable bonds is 8. The van der Waals surface area contributed by atoms with Gasteiger partial charge in [-0.25, -0.2) is 0 Å². The Kier molecular flexibility index (Phi) is 7.53. The molecule has 0 aromatic heterocycles. The maximum absolute atomic E-state index is 13.5. The third-order valence-electron chi connectivity index (χ3n) is 6.27. The Morgan fingerprint density at radius 3 is 2.27 bits per heavy atom. The van der Waals surface area contributed by atoms with E-state index in [0.717, 1.165) is 16.8 Å². The third kappa shape index (κ3) is 5.03. The standard InChI is InChI=1S/C30H32N2O5/c1-6-36-23-15-16-24(25(18-23)37-7-2)28(33)26-27(20-10-8-9-19(3)17-20)32(30(35)29(26)34)22-13-11-21(12-14-22)31(4)5/h8-18,27,33H,6-7H2,1-5H3/b28-26-. The Hall–Kier alpha value is -4.26. The van der Waals surface area contributed by atoms with Crippen LogP contribution in [0.3, 0.4) is 0 Å². The van der Waals surface area contributed by atoms with E-state index in [-0.39, 0.29) is 11.3 Å². The molecule has 0 aliphatic carbocycles. The van der Waals surface area contributed by atoms with Crippen LogP contribution in [0.25, 0.3) is 5.76 Å². The summed E-state index contributed by atoms with van der Waals surface area (Å²) >= 11 is 0. The van der Waals surface area contributed by atoms with Gasteiger partial charge in [0.1, 0.15) is 17.3 Å². The lowest BCUT2D eigenvalue weighted by molar-refractivity contribution is -0.132. The number of Topliss-reactive ketones (excluding diaryl/α,β-unsaturated/α-hetero) is 1. The van der Waals surface area contributed by atoms with Gasteiger partial charge in [0.25, 0.3) is 11.7 Å². The normalized spacial score (nSPS) is 16.7. The molecule has 192 valence electrons. The number of carbonyl (C=O) groups excluding carboxylic acids is 2. The number of anilines is 2. The van der Waals surface area contributed by atoms with Crippen molar-refractivity contribution in [2.45, 2.75) is 26.8 Å². The predicted octanol–water partition coefficient (Wildman–Crippen LogP) is 5.48. The largest absolute Gasteiger partial charge is 0.507 e. The maximum Gasteiger partial charge on any atom is 0.300 e. The summed E-state index contributed by atoms with van der Waals surface area (Å²) in [5.41, 5.74) is 3.56. The number of hydrogen-bond acceptors (Lipinski definition) is 6. The van der Waals surface area contributed by atoms with E-state index in [4.69, 9.17) is 9.47 Å². The quantitative estimate of drug-likeness (QED) is 0.251. The number of ether oxygens (including phenoxy) is 2. The van der Waals surface area contributed by atoms with Crippen molar-refractivity contribution in [1.82, 2.24) is 0 Å². The minimum Gasteiger partial charge on any atom is -0.507 e. The molecule has 1 aliphatic rings. The van der Waals surface area contributed by atoms with Gasteiger partial charge in [0.2, 0.25) is 0 Å². The van der Waals surface area contributed by atoms with Crippen molar-refractivity contribution in [1.29, 1.82) is 0 Å². The van der Waals surface area contributed by atoms with Gasteiger partial charge in [-0.05, 0) is 62.7 Å². The van der Waals surface area contributed by atoms with Crippen molar-refractivity contribution >= 4 is 28.8 Å². The van der Waals surface area contributed by atoms with E-state index >= 15 is 0 Å². The molecule has 0 spiro atoms. The molecule has 3 aromatic rings. The van der Waals surface area contributed by atoms with Crippen LogP contribution in [0.5, 0.6) is 11.5 Å². The molecule has 1 saturated heterocycles. The molecule has 1 unspecified atom stereocenters. The molecule has 1 amide bonds. The number of aliphatic hydroxyl groups is 1. The van der Waals surface area contributed by atoms with Crippen LogP contribution in [0.2, 0.25) is 0 Å². The summed E-state index contributed by atoms with van der Waals surface area (Å²) in [6, 6.07) is 19.2. The molecule has 1 N–H and O–H groups in total. The van der Waals surface area contributed by atoms with E-state index in [2.05, 4.69) is 0 Å². The highest BCUT2D eigenvalue weighted by Gasteiger charge is 2.47. The summed E-state index contributed by atoms with van der Waals surface area (Å²) < 4.78 is 11.4. The number of benzene rings is 3.